The average Bonchev–Trinajstić information content (AvgIpc) is 3.29. The van der Waals surface area contributed by atoms with Crippen molar-refractivity contribution in [2.45, 2.75) is 38.2 Å². The van der Waals surface area contributed by atoms with E-state index in [1.165, 1.54) is 12.8 Å². The molecule has 2 heterocycles. The summed E-state index contributed by atoms with van der Waals surface area (Å²) in [5.74, 6) is 1.81. The topological polar surface area (TPSA) is 57.7 Å². The van der Waals surface area contributed by atoms with Gasteiger partial charge in [-0.2, -0.15) is 0 Å². The van der Waals surface area contributed by atoms with Gasteiger partial charge in [0.15, 0.2) is 11.9 Å². The molecule has 1 atom stereocenters. The highest BCUT2D eigenvalue weighted by Crippen LogP contribution is 2.33. The molecule has 0 spiro atoms. The predicted molar refractivity (Wildman–Crippen MR) is 71.7 cm³/mol. The molecule has 1 unspecified atom stereocenters. The van der Waals surface area contributed by atoms with E-state index in [1.54, 1.807) is 12.3 Å². The van der Waals surface area contributed by atoms with E-state index in [4.69, 9.17) is 14.2 Å². The predicted octanol–water partition coefficient (Wildman–Crippen LogP) is 2.34. The summed E-state index contributed by atoms with van der Waals surface area (Å²) in [5, 5.41) is 0. The molecular formula is C15H19NO4. The van der Waals surface area contributed by atoms with Crippen LogP contribution in [0.2, 0.25) is 0 Å². The third kappa shape index (κ3) is 3.62. The molecule has 2 aliphatic rings. The van der Waals surface area contributed by atoms with Crippen LogP contribution in [0.4, 0.5) is 0 Å². The first kappa shape index (κ1) is 13.2. The fraction of sp³-hybridized carbons (Fsp3) is 0.600. The lowest BCUT2D eigenvalue weighted by atomic mass is 10.2. The van der Waals surface area contributed by atoms with Crippen molar-refractivity contribution in [1.29, 1.82) is 0 Å². The maximum atomic E-state index is 11.6. The number of rotatable bonds is 6. The van der Waals surface area contributed by atoms with Crippen LogP contribution in [0.5, 0.6) is 11.6 Å². The van der Waals surface area contributed by atoms with E-state index in [0.717, 1.165) is 18.8 Å². The van der Waals surface area contributed by atoms with E-state index in [0.29, 0.717) is 24.7 Å². The van der Waals surface area contributed by atoms with Gasteiger partial charge in [0.25, 0.3) is 5.88 Å². The zero-order valence-electron chi connectivity index (χ0n) is 11.4. The van der Waals surface area contributed by atoms with Gasteiger partial charge in [0.2, 0.25) is 0 Å². The van der Waals surface area contributed by atoms with Crippen LogP contribution in [0.1, 0.15) is 32.1 Å². The molecule has 0 N–H and O–H groups in total. The van der Waals surface area contributed by atoms with Gasteiger partial charge in [-0.1, -0.05) is 12.8 Å². The van der Waals surface area contributed by atoms with Crippen LogP contribution < -0.4 is 9.47 Å². The van der Waals surface area contributed by atoms with Crippen LogP contribution in [0, 0.1) is 5.92 Å². The van der Waals surface area contributed by atoms with Crippen LogP contribution in [-0.4, -0.2) is 30.3 Å². The van der Waals surface area contributed by atoms with Crippen LogP contribution in [-0.2, 0) is 9.53 Å². The normalized spacial score (nSPS) is 20.5. The van der Waals surface area contributed by atoms with E-state index in [2.05, 4.69) is 4.98 Å². The molecule has 1 saturated carbocycles. The van der Waals surface area contributed by atoms with E-state index >= 15 is 0 Å². The fourth-order valence-electron chi connectivity index (χ4n) is 2.23. The van der Waals surface area contributed by atoms with Gasteiger partial charge in [-0.05, 0) is 30.9 Å². The summed E-state index contributed by atoms with van der Waals surface area (Å²) in [6, 6.07) is 3.60. The fourth-order valence-corrected chi connectivity index (χ4v) is 2.23. The molecule has 5 nitrogen and oxygen atoms in total. The minimum absolute atomic E-state index is 0.152. The first-order valence-electron chi connectivity index (χ1n) is 7.21. The second kappa shape index (κ2) is 6.11. The van der Waals surface area contributed by atoms with Crippen molar-refractivity contribution in [1.82, 2.24) is 4.98 Å². The molecular weight excluding hydrogens is 258 g/mol. The zero-order chi connectivity index (χ0) is 13.8. The number of ether oxygens (including phenoxy) is 3. The van der Waals surface area contributed by atoms with E-state index in [-0.39, 0.29) is 18.7 Å². The van der Waals surface area contributed by atoms with E-state index < -0.39 is 0 Å². The number of carbonyl (C=O) groups is 1. The average molecular weight is 277 g/mol. The highest BCUT2D eigenvalue weighted by Gasteiger charge is 2.24. The Morgan fingerprint density at radius 2 is 2.35 bits per heavy atom. The molecule has 0 amide bonds. The number of esters is 1. The van der Waals surface area contributed by atoms with Crippen molar-refractivity contribution in [2.75, 3.05) is 13.2 Å². The van der Waals surface area contributed by atoms with Crippen molar-refractivity contribution in [3.63, 3.8) is 0 Å². The largest absolute Gasteiger partial charge is 0.484 e. The highest BCUT2D eigenvalue weighted by atomic mass is 16.6. The van der Waals surface area contributed by atoms with Crippen molar-refractivity contribution in [3.8, 4) is 11.6 Å². The third-order valence-corrected chi connectivity index (χ3v) is 3.56. The number of carbonyl (C=O) groups excluding carboxylic acids is 1. The summed E-state index contributed by atoms with van der Waals surface area (Å²) in [4.78, 5) is 15.7. The van der Waals surface area contributed by atoms with Crippen molar-refractivity contribution < 1.29 is 19.0 Å². The summed E-state index contributed by atoms with van der Waals surface area (Å²) >= 11 is 0. The first-order valence-corrected chi connectivity index (χ1v) is 7.21. The first-order chi connectivity index (χ1) is 9.81. The summed E-state index contributed by atoms with van der Waals surface area (Å²) < 4.78 is 16.4. The second-order valence-corrected chi connectivity index (χ2v) is 5.38. The van der Waals surface area contributed by atoms with E-state index in [1.807, 2.05) is 6.07 Å². The molecule has 0 radical (unpaired) electrons. The molecule has 0 saturated heterocycles. The van der Waals surface area contributed by atoms with Gasteiger partial charge < -0.3 is 14.2 Å². The van der Waals surface area contributed by atoms with Crippen molar-refractivity contribution >= 4 is 5.97 Å². The molecule has 3 rings (SSSR count). The number of fused-ring (bicyclic) bond motifs is 1. The number of hydrogen-bond donors (Lipinski definition) is 0. The van der Waals surface area contributed by atoms with Gasteiger partial charge in [0.1, 0.15) is 13.2 Å². The van der Waals surface area contributed by atoms with Gasteiger partial charge in [0.05, 0.1) is 0 Å². The van der Waals surface area contributed by atoms with Gasteiger partial charge in [-0.25, -0.2) is 4.98 Å². The van der Waals surface area contributed by atoms with Crippen molar-refractivity contribution in [2.24, 2.45) is 5.92 Å². The zero-order valence-corrected chi connectivity index (χ0v) is 11.4. The standard InChI is InChI=1S/C15H19NO4/c17-14(5-1-3-11-6-7-11)19-10-12-9-18-13-4-2-8-16-15(13)20-12/h2,4,8,11-12H,1,3,5-7,9-10H2. The molecule has 108 valence electrons. The Morgan fingerprint density at radius 3 is 3.20 bits per heavy atom. The molecule has 1 aromatic rings. The van der Waals surface area contributed by atoms with Gasteiger partial charge in [-0.15, -0.1) is 0 Å². The Morgan fingerprint density at radius 1 is 1.45 bits per heavy atom. The lowest BCUT2D eigenvalue weighted by molar-refractivity contribution is -0.147. The highest BCUT2D eigenvalue weighted by molar-refractivity contribution is 5.69. The molecule has 5 heteroatoms. The SMILES string of the molecule is O=C(CCCC1CC1)OCC1COc2cccnc2O1. The summed E-state index contributed by atoms with van der Waals surface area (Å²) in [5.41, 5.74) is 0. The van der Waals surface area contributed by atoms with Crippen LogP contribution >= 0.6 is 0 Å². The quantitative estimate of drug-likeness (QED) is 0.747. The van der Waals surface area contributed by atoms with Gasteiger partial charge >= 0.3 is 5.97 Å². The second-order valence-electron chi connectivity index (χ2n) is 5.38. The molecule has 1 fully saturated rings. The maximum absolute atomic E-state index is 11.6. The number of nitrogens with zero attached hydrogens (tertiary/aromatic N) is 1. The van der Waals surface area contributed by atoms with Crippen LogP contribution in [0.25, 0.3) is 0 Å². The monoisotopic (exact) mass is 277 g/mol. The van der Waals surface area contributed by atoms with E-state index in [9.17, 15) is 4.79 Å². The molecule has 1 aliphatic carbocycles. The molecule has 1 aliphatic heterocycles. The molecule has 1 aromatic heterocycles. The number of pyridine rings is 1. The Kier molecular flexibility index (Phi) is 4.04. The number of hydrogen-bond acceptors (Lipinski definition) is 5. The van der Waals surface area contributed by atoms with Crippen molar-refractivity contribution in [3.05, 3.63) is 18.3 Å². The minimum atomic E-state index is -0.273. The number of aromatic nitrogens is 1. The van der Waals surface area contributed by atoms with Crippen LogP contribution in [0.3, 0.4) is 0 Å². The molecule has 0 aromatic carbocycles. The third-order valence-electron chi connectivity index (χ3n) is 3.56. The van der Waals surface area contributed by atoms with Gasteiger partial charge in [-0.3, -0.25) is 4.79 Å². The lowest BCUT2D eigenvalue weighted by Gasteiger charge is -2.24. The Hall–Kier alpha value is -1.78. The van der Waals surface area contributed by atoms with Gasteiger partial charge in [0, 0.05) is 12.6 Å². The summed E-state index contributed by atoms with van der Waals surface area (Å²) in [6.45, 7) is 0.603. The summed E-state index contributed by atoms with van der Waals surface area (Å²) in [6.07, 6.45) is 6.60. The Bertz CT molecular complexity index is 473. The lowest BCUT2D eigenvalue weighted by Crippen LogP contribution is -2.34. The maximum Gasteiger partial charge on any atom is 0.305 e. The molecule has 20 heavy (non-hydrogen) atoms. The van der Waals surface area contributed by atoms with Crippen LogP contribution in [0.15, 0.2) is 18.3 Å². The summed E-state index contributed by atoms with van der Waals surface area (Å²) in [7, 11) is 0. The molecule has 0 bridgehead atoms. The Balaban J connectivity index is 1.37. The smallest absolute Gasteiger partial charge is 0.305 e. The Labute approximate surface area is 118 Å². The minimum Gasteiger partial charge on any atom is -0.484 e.